The fourth-order valence-electron chi connectivity index (χ4n) is 2.48. The molecular weight excluding hydrogens is 414 g/mol. The Bertz CT molecular complexity index is 963. The van der Waals surface area contributed by atoms with Crippen LogP contribution in [-0.2, 0) is 11.8 Å². The predicted octanol–water partition coefficient (Wildman–Crippen LogP) is 3.74. The fraction of sp³-hybridized carbons (Fsp3) is 0.263. The van der Waals surface area contributed by atoms with Gasteiger partial charge in [0.05, 0.1) is 17.9 Å². The van der Waals surface area contributed by atoms with Crippen LogP contribution < -0.4 is 14.8 Å². The third kappa shape index (κ3) is 5.61. The van der Waals surface area contributed by atoms with Crippen molar-refractivity contribution in [1.82, 2.24) is 19.7 Å². The number of carbonyl (C=O) groups excluding carboxylic acids is 1. The number of nitrogens with zero attached hydrogens (tertiary/aromatic N) is 4. The number of pyridine rings is 1. The molecule has 0 aliphatic heterocycles. The second kappa shape index (κ2) is 9.62. The van der Waals surface area contributed by atoms with Crippen molar-refractivity contribution in [2.45, 2.75) is 18.2 Å². The normalized spacial score (nSPS) is 11.7. The van der Waals surface area contributed by atoms with Crippen LogP contribution in [0.15, 0.2) is 47.8 Å². The topological polar surface area (TPSA) is 91.2 Å². The summed E-state index contributed by atoms with van der Waals surface area (Å²) in [6, 6.07) is 10.6. The Kier molecular flexibility index (Phi) is 6.95. The molecule has 1 N–H and O–H groups in total. The van der Waals surface area contributed by atoms with E-state index in [9.17, 15) is 4.79 Å². The van der Waals surface area contributed by atoms with Crippen LogP contribution in [0.5, 0.6) is 11.5 Å². The Hall–Kier alpha value is -2.78. The zero-order chi connectivity index (χ0) is 20.8. The lowest BCUT2D eigenvalue weighted by Gasteiger charge is -2.14. The first-order chi connectivity index (χ1) is 14.0. The number of halogens is 1. The first-order valence-corrected chi connectivity index (χ1v) is 10.1. The number of carbonyl (C=O) groups is 1. The Morgan fingerprint density at radius 2 is 1.93 bits per heavy atom. The van der Waals surface area contributed by atoms with E-state index in [1.807, 2.05) is 42.8 Å². The molecule has 8 nitrogen and oxygen atoms in total. The average Bonchev–Trinajstić information content (AvgIpc) is 3.09. The highest BCUT2D eigenvalue weighted by molar-refractivity contribution is 7.99. The van der Waals surface area contributed by atoms with Crippen molar-refractivity contribution in [2.75, 3.05) is 18.2 Å². The smallest absolute Gasteiger partial charge is 0.236 e. The van der Waals surface area contributed by atoms with Gasteiger partial charge in [-0.2, -0.15) is 0 Å². The van der Waals surface area contributed by atoms with E-state index in [1.54, 1.807) is 19.2 Å². The lowest BCUT2D eigenvalue weighted by atomic mass is 10.3. The number of thioether (sulfide) groups is 1. The van der Waals surface area contributed by atoms with Crippen LogP contribution in [0.2, 0.25) is 5.02 Å². The third-order valence-electron chi connectivity index (χ3n) is 3.93. The molecule has 29 heavy (non-hydrogen) atoms. The molecule has 0 fully saturated rings. The van der Waals surface area contributed by atoms with Crippen LogP contribution in [0.25, 0.3) is 0 Å². The third-order valence-corrected chi connectivity index (χ3v) is 5.18. The van der Waals surface area contributed by atoms with E-state index < -0.39 is 0 Å². The van der Waals surface area contributed by atoms with Crippen LogP contribution in [0.4, 0.5) is 5.82 Å². The molecule has 0 saturated carbocycles. The highest BCUT2D eigenvalue weighted by Gasteiger charge is 2.18. The minimum Gasteiger partial charge on any atom is -0.497 e. The Balaban J connectivity index is 1.56. The van der Waals surface area contributed by atoms with Gasteiger partial charge in [-0.05, 0) is 43.3 Å². The molecule has 10 heteroatoms. The van der Waals surface area contributed by atoms with E-state index in [2.05, 4.69) is 20.5 Å². The monoisotopic (exact) mass is 433 g/mol. The predicted molar refractivity (Wildman–Crippen MR) is 112 cm³/mol. The second-order valence-corrected chi connectivity index (χ2v) is 7.41. The van der Waals surface area contributed by atoms with Gasteiger partial charge in [0, 0.05) is 13.2 Å². The molecule has 0 saturated heterocycles. The highest BCUT2D eigenvalue weighted by Crippen LogP contribution is 2.25. The van der Waals surface area contributed by atoms with Gasteiger partial charge in [-0.1, -0.05) is 23.4 Å². The van der Waals surface area contributed by atoms with Gasteiger partial charge >= 0.3 is 0 Å². The van der Waals surface area contributed by atoms with Crippen molar-refractivity contribution in [1.29, 1.82) is 0 Å². The zero-order valence-corrected chi connectivity index (χ0v) is 17.7. The maximum Gasteiger partial charge on any atom is 0.236 e. The minimum absolute atomic E-state index is 0.171. The summed E-state index contributed by atoms with van der Waals surface area (Å²) < 4.78 is 12.9. The molecule has 0 bridgehead atoms. The van der Waals surface area contributed by atoms with Gasteiger partial charge in [0.25, 0.3) is 0 Å². The summed E-state index contributed by atoms with van der Waals surface area (Å²) in [7, 11) is 3.45. The summed E-state index contributed by atoms with van der Waals surface area (Å²) in [5.74, 6) is 2.53. The maximum atomic E-state index is 12.1. The van der Waals surface area contributed by atoms with Crippen LogP contribution >= 0.6 is 23.4 Å². The molecule has 1 aromatic carbocycles. The number of rotatable bonds is 8. The summed E-state index contributed by atoms with van der Waals surface area (Å²) in [6.07, 6.45) is 1.16. The van der Waals surface area contributed by atoms with E-state index in [4.69, 9.17) is 21.1 Å². The summed E-state index contributed by atoms with van der Waals surface area (Å²) in [5, 5.41) is 12.2. The van der Waals surface area contributed by atoms with Gasteiger partial charge in [0.2, 0.25) is 5.91 Å². The maximum absolute atomic E-state index is 12.1. The van der Waals surface area contributed by atoms with Gasteiger partial charge in [-0.25, -0.2) is 4.98 Å². The molecule has 1 amide bonds. The lowest BCUT2D eigenvalue weighted by Crippen LogP contribution is -2.15. The Morgan fingerprint density at radius 1 is 1.21 bits per heavy atom. The van der Waals surface area contributed by atoms with Crippen LogP contribution in [0.3, 0.4) is 0 Å². The molecule has 1 unspecified atom stereocenters. The standard InChI is InChI=1S/C19H20ClN5O3S/c1-12(28-15-7-5-14(27-3)6-8-15)18-23-24-19(25(18)2)29-11-17(26)22-16-9-4-13(20)10-21-16/h4-10,12H,11H2,1-3H3,(H,21,22,26). The average molecular weight is 434 g/mol. The Labute approximate surface area is 177 Å². The van der Waals surface area contributed by atoms with Crippen molar-refractivity contribution < 1.29 is 14.3 Å². The molecule has 152 valence electrons. The number of amides is 1. The number of anilines is 1. The summed E-state index contributed by atoms with van der Waals surface area (Å²) >= 11 is 7.06. The van der Waals surface area contributed by atoms with Crippen molar-refractivity contribution in [3.63, 3.8) is 0 Å². The Morgan fingerprint density at radius 3 is 2.59 bits per heavy atom. The van der Waals surface area contributed by atoms with Crippen molar-refractivity contribution >= 4 is 35.1 Å². The van der Waals surface area contributed by atoms with Gasteiger partial charge < -0.3 is 19.4 Å². The first-order valence-electron chi connectivity index (χ1n) is 8.70. The molecular formula is C19H20ClN5O3S. The zero-order valence-electron chi connectivity index (χ0n) is 16.1. The molecule has 1 atom stereocenters. The largest absolute Gasteiger partial charge is 0.497 e. The summed E-state index contributed by atoms with van der Waals surface area (Å²) in [5.41, 5.74) is 0. The molecule has 2 aromatic heterocycles. The number of hydrogen-bond acceptors (Lipinski definition) is 7. The van der Waals surface area contributed by atoms with Gasteiger partial charge in [0.1, 0.15) is 17.3 Å². The second-order valence-electron chi connectivity index (χ2n) is 6.03. The number of methoxy groups -OCH3 is 1. The molecule has 3 rings (SSSR count). The van der Waals surface area contributed by atoms with Crippen LogP contribution in [0.1, 0.15) is 18.9 Å². The molecule has 0 spiro atoms. The van der Waals surface area contributed by atoms with E-state index >= 15 is 0 Å². The van der Waals surface area contributed by atoms with Crippen molar-refractivity contribution in [3.8, 4) is 11.5 Å². The number of nitrogens with one attached hydrogen (secondary N) is 1. The van der Waals surface area contributed by atoms with E-state index in [-0.39, 0.29) is 17.8 Å². The molecule has 2 heterocycles. The number of benzene rings is 1. The SMILES string of the molecule is COc1ccc(OC(C)c2nnc(SCC(=O)Nc3ccc(Cl)cn3)n2C)cc1. The van der Waals surface area contributed by atoms with E-state index in [1.165, 1.54) is 18.0 Å². The van der Waals surface area contributed by atoms with E-state index in [0.717, 1.165) is 5.75 Å². The van der Waals surface area contributed by atoms with Crippen LogP contribution in [-0.4, -0.2) is 38.5 Å². The molecule has 0 aliphatic rings. The van der Waals surface area contributed by atoms with Crippen LogP contribution in [0, 0.1) is 0 Å². The molecule has 0 radical (unpaired) electrons. The molecule has 3 aromatic rings. The quantitative estimate of drug-likeness (QED) is 0.541. The van der Waals surface area contributed by atoms with Gasteiger partial charge in [-0.15, -0.1) is 10.2 Å². The van der Waals surface area contributed by atoms with Gasteiger partial charge in [-0.3, -0.25) is 4.79 Å². The van der Waals surface area contributed by atoms with Crippen molar-refractivity contribution in [3.05, 3.63) is 53.4 Å². The van der Waals surface area contributed by atoms with E-state index in [0.29, 0.717) is 27.6 Å². The van der Waals surface area contributed by atoms with Gasteiger partial charge in [0.15, 0.2) is 17.1 Å². The number of aromatic nitrogens is 4. The summed E-state index contributed by atoms with van der Waals surface area (Å²) in [4.78, 5) is 16.2. The van der Waals surface area contributed by atoms with Crippen molar-refractivity contribution in [2.24, 2.45) is 7.05 Å². The number of hydrogen-bond donors (Lipinski definition) is 1. The summed E-state index contributed by atoms with van der Waals surface area (Å²) in [6.45, 7) is 1.89. The first kappa shape index (κ1) is 20.9. The fourth-order valence-corrected chi connectivity index (χ4v) is 3.31. The molecule has 0 aliphatic carbocycles. The lowest BCUT2D eigenvalue weighted by molar-refractivity contribution is -0.113. The number of ether oxygens (including phenoxy) is 2. The minimum atomic E-state index is -0.317. The highest BCUT2D eigenvalue weighted by atomic mass is 35.5.